The van der Waals surface area contributed by atoms with Crippen LogP contribution >= 0.6 is 0 Å². The second-order valence-corrected chi connectivity index (χ2v) is 4.06. The maximum atomic E-state index is 12.0. The monoisotopic (exact) mass is 270 g/mol. The van der Waals surface area contributed by atoms with E-state index >= 15 is 0 Å². The van der Waals surface area contributed by atoms with Gasteiger partial charge in [0.15, 0.2) is 5.69 Å². The number of benzene rings is 1. The van der Waals surface area contributed by atoms with Gasteiger partial charge in [-0.15, -0.1) is 0 Å². The maximum Gasteiger partial charge on any atom is 0.276 e. The zero-order valence-electron chi connectivity index (χ0n) is 10.9. The van der Waals surface area contributed by atoms with Crippen LogP contribution < -0.4 is 16.4 Å². The molecule has 20 heavy (non-hydrogen) atoms. The van der Waals surface area contributed by atoms with E-state index in [1.807, 2.05) is 0 Å². The molecule has 0 aliphatic carbocycles. The summed E-state index contributed by atoms with van der Waals surface area (Å²) in [4.78, 5) is 27.5. The van der Waals surface area contributed by atoms with Gasteiger partial charge in [-0.05, 0) is 30.3 Å². The van der Waals surface area contributed by atoms with Gasteiger partial charge in [-0.1, -0.05) is 6.07 Å². The van der Waals surface area contributed by atoms with Crippen molar-refractivity contribution in [2.45, 2.75) is 0 Å². The second-order valence-electron chi connectivity index (χ2n) is 4.06. The fourth-order valence-corrected chi connectivity index (χ4v) is 1.68. The molecule has 0 atom stereocenters. The Morgan fingerprint density at radius 3 is 2.65 bits per heavy atom. The second kappa shape index (κ2) is 5.83. The van der Waals surface area contributed by atoms with Crippen LogP contribution in [0.3, 0.4) is 0 Å². The summed E-state index contributed by atoms with van der Waals surface area (Å²) in [6, 6.07) is 9.85. The van der Waals surface area contributed by atoms with Gasteiger partial charge in [-0.25, -0.2) is 4.98 Å². The number of nitrogen functional groups attached to an aromatic ring is 1. The number of aromatic nitrogens is 1. The van der Waals surface area contributed by atoms with Crippen molar-refractivity contribution in [3.05, 3.63) is 53.9 Å². The molecule has 2 aromatic rings. The molecule has 0 fully saturated rings. The predicted molar refractivity (Wildman–Crippen MR) is 76.4 cm³/mol. The Kier molecular flexibility index (Phi) is 3.95. The summed E-state index contributed by atoms with van der Waals surface area (Å²) in [7, 11) is 1.54. The first-order chi connectivity index (χ1) is 9.61. The number of pyridine rings is 1. The number of hydrogen-bond acceptors (Lipinski definition) is 4. The van der Waals surface area contributed by atoms with E-state index in [-0.39, 0.29) is 11.6 Å². The molecule has 1 aromatic heterocycles. The highest BCUT2D eigenvalue weighted by Crippen LogP contribution is 2.14. The molecule has 0 saturated carbocycles. The smallest absolute Gasteiger partial charge is 0.276 e. The van der Waals surface area contributed by atoms with E-state index in [2.05, 4.69) is 15.6 Å². The summed E-state index contributed by atoms with van der Waals surface area (Å²) in [6.45, 7) is 0. The minimum Gasteiger partial charge on any atom is -0.397 e. The third-order valence-corrected chi connectivity index (χ3v) is 2.66. The van der Waals surface area contributed by atoms with E-state index in [0.717, 1.165) is 0 Å². The molecule has 4 N–H and O–H groups in total. The van der Waals surface area contributed by atoms with E-state index < -0.39 is 5.91 Å². The first kappa shape index (κ1) is 13.5. The van der Waals surface area contributed by atoms with E-state index in [1.54, 1.807) is 43.4 Å². The summed E-state index contributed by atoms with van der Waals surface area (Å²) in [6.07, 6.45) is 1.49. The normalized spacial score (nSPS) is 9.85. The van der Waals surface area contributed by atoms with Crippen LogP contribution in [0.25, 0.3) is 0 Å². The van der Waals surface area contributed by atoms with Gasteiger partial charge >= 0.3 is 0 Å². The summed E-state index contributed by atoms with van der Waals surface area (Å²) in [5, 5.41) is 5.18. The summed E-state index contributed by atoms with van der Waals surface area (Å²) >= 11 is 0. The molecule has 6 nitrogen and oxygen atoms in total. The number of carbonyl (C=O) groups excluding carboxylic acids is 2. The number of rotatable bonds is 3. The highest BCUT2D eigenvalue weighted by Gasteiger charge is 2.12. The number of nitrogens with two attached hydrogens (primary N) is 1. The van der Waals surface area contributed by atoms with E-state index in [9.17, 15) is 9.59 Å². The Labute approximate surface area is 116 Å². The van der Waals surface area contributed by atoms with E-state index in [0.29, 0.717) is 16.9 Å². The van der Waals surface area contributed by atoms with Gasteiger partial charge in [0.1, 0.15) is 0 Å². The summed E-state index contributed by atoms with van der Waals surface area (Å²) in [5.74, 6) is -0.643. The van der Waals surface area contributed by atoms with Crippen molar-refractivity contribution >= 4 is 23.2 Å². The van der Waals surface area contributed by atoms with Crippen LogP contribution in [0.2, 0.25) is 0 Å². The molecule has 0 radical (unpaired) electrons. The molecule has 1 aromatic carbocycles. The number of nitrogens with one attached hydrogen (secondary N) is 2. The topological polar surface area (TPSA) is 97.1 Å². The lowest BCUT2D eigenvalue weighted by Gasteiger charge is -2.07. The van der Waals surface area contributed by atoms with E-state index in [4.69, 9.17) is 5.73 Å². The van der Waals surface area contributed by atoms with Crippen LogP contribution in [-0.2, 0) is 0 Å². The van der Waals surface area contributed by atoms with Crippen LogP contribution in [0.1, 0.15) is 20.8 Å². The molecule has 2 rings (SSSR count). The van der Waals surface area contributed by atoms with E-state index in [1.165, 1.54) is 6.20 Å². The fraction of sp³-hybridized carbons (Fsp3) is 0.0714. The van der Waals surface area contributed by atoms with Crippen LogP contribution in [-0.4, -0.2) is 23.8 Å². The standard InChI is InChI=1S/C14H14N4O2/c1-16-13(19)9-4-2-5-10(8-9)18-14(20)12-11(15)6-3-7-17-12/h2-8H,15H2,1H3,(H,16,19)(H,18,20). The first-order valence-corrected chi connectivity index (χ1v) is 5.96. The lowest BCUT2D eigenvalue weighted by atomic mass is 10.2. The Morgan fingerprint density at radius 1 is 1.15 bits per heavy atom. The van der Waals surface area contributed by atoms with Gasteiger partial charge in [0, 0.05) is 24.5 Å². The summed E-state index contributed by atoms with van der Waals surface area (Å²) in [5.41, 5.74) is 7.10. The third kappa shape index (κ3) is 2.92. The number of anilines is 2. The van der Waals surface area contributed by atoms with Crippen LogP contribution in [0.5, 0.6) is 0 Å². The molecule has 0 saturated heterocycles. The lowest BCUT2D eigenvalue weighted by Crippen LogP contribution is -2.19. The van der Waals surface area contributed by atoms with Crippen LogP contribution in [0.4, 0.5) is 11.4 Å². The quantitative estimate of drug-likeness (QED) is 0.782. The molecule has 0 bridgehead atoms. The number of carbonyl (C=O) groups is 2. The van der Waals surface area contributed by atoms with Crippen molar-refractivity contribution in [3.63, 3.8) is 0 Å². The van der Waals surface area contributed by atoms with Crippen molar-refractivity contribution in [2.75, 3.05) is 18.1 Å². The fourth-order valence-electron chi connectivity index (χ4n) is 1.68. The minimum absolute atomic E-state index is 0.151. The predicted octanol–water partition coefficient (Wildman–Crippen LogP) is 1.28. The van der Waals surface area contributed by atoms with Gasteiger partial charge in [0.2, 0.25) is 0 Å². The minimum atomic E-state index is -0.419. The molecular formula is C14H14N4O2. The molecule has 2 amide bonds. The van der Waals surface area contributed by atoms with Crippen LogP contribution in [0, 0.1) is 0 Å². The average Bonchev–Trinajstić information content (AvgIpc) is 2.47. The Hall–Kier alpha value is -2.89. The molecule has 102 valence electrons. The lowest BCUT2D eigenvalue weighted by molar-refractivity contribution is 0.0961. The third-order valence-electron chi connectivity index (χ3n) is 2.66. The molecule has 0 spiro atoms. The Bertz CT molecular complexity index is 655. The van der Waals surface area contributed by atoms with Gasteiger partial charge in [-0.2, -0.15) is 0 Å². The van der Waals surface area contributed by atoms with Crippen molar-refractivity contribution < 1.29 is 9.59 Å². The largest absolute Gasteiger partial charge is 0.397 e. The molecular weight excluding hydrogens is 256 g/mol. The molecule has 6 heteroatoms. The summed E-state index contributed by atoms with van der Waals surface area (Å²) < 4.78 is 0. The average molecular weight is 270 g/mol. The molecule has 0 unspecified atom stereocenters. The number of amides is 2. The zero-order chi connectivity index (χ0) is 14.5. The maximum absolute atomic E-state index is 12.0. The zero-order valence-corrected chi connectivity index (χ0v) is 10.9. The Balaban J connectivity index is 2.20. The molecule has 0 aliphatic rings. The van der Waals surface area contributed by atoms with Gasteiger partial charge in [0.25, 0.3) is 11.8 Å². The highest BCUT2D eigenvalue weighted by molar-refractivity contribution is 6.06. The van der Waals surface area contributed by atoms with Crippen molar-refractivity contribution in [2.24, 2.45) is 0 Å². The van der Waals surface area contributed by atoms with Crippen molar-refractivity contribution in [3.8, 4) is 0 Å². The van der Waals surface area contributed by atoms with Gasteiger partial charge in [-0.3, -0.25) is 9.59 Å². The first-order valence-electron chi connectivity index (χ1n) is 5.96. The SMILES string of the molecule is CNC(=O)c1cccc(NC(=O)c2ncccc2N)c1. The molecule has 1 heterocycles. The van der Waals surface area contributed by atoms with Gasteiger partial charge < -0.3 is 16.4 Å². The number of nitrogens with zero attached hydrogens (tertiary/aromatic N) is 1. The number of hydrogen-bond donors (Lipinski definition) is 3. The molecule has 0 aliphatic heterocycles. The highest BCUT2D eigenvalue weighted by atomic mass is 16.2. The van der Waals surface area contributed by atoms with Crippen molar-refractivity contribution in [1.82, 2.24) is 10.3 Å². The van der Waals surface area contributed by atoms with Crippen LogP contribution in [0.15, 0.2) is 42.6 Å². The van der Waals surface area contributed by atoms with Crippen molar-refractivity contribution in [1.29, 1.82) is 0 Å². The Morgan fingerprint density at radius 2 is 1.95 bits per heavy atom. The van der Waals surface area contributed by atoms with Gasteiger partial charge in [0.05, 0.1) is 5.69 Å².